The summed E-state index contributed by atoms with van der Waals surface area (Å²) >= 11 is 0. The van der Waals surface area contributed by atoms with Gasteiger partial charge in [0.15, 0.2) is 0 Å². The molecule has 242 valence electrons. The van der Waals surface area contributed by atoms with E-state index in [0.29, 0.717) is 56.5 Å². The molecule has 1 unspecified atom stereocenters. The van der Waals surface area contributed by atoms with E-state index >= 15 is 0 Å². The largest absolute Gasteiger partial charge is 0.507 e. The number of carbonyl (C=O) groups is 2. The number of carbonyl (C=O) groups excluding carboxylic acids is 2. The van der Waals surface area contributed by atoms with E-state index in [9.17, 15) is 14.7 Å². The smallest absolute Gasteiger partial charge is 0.295 e. The summed E-state index contributed by atoms with van der Waals surface area (Å²) in [6.45, 7) is 7.12. The Morgan fingerprint density at radius 1 is 0.787 bits per heavy atom. The molecular formula is C39H40N2O6. The lowest BCUT2D eigenvalue weighted by molar-refractivity contribution is -0.140. The third-order valence-corrected chi connectivity index (χ3v) is 8.74. The fourth-order valence-electron chi connectivity index (χ4n) is 6.03. The summed E-state index contributed by atoms with van der Waals surface area (Å²) in [5.41, 5.74) is 4.52. The second-order valence-corrected chi connectivity index (χ2v) is 11.9. The SMILES string of the molecule is Cc1ccccc1COc1ccc(C(O)=C2C(=O)C(=O)N(CCCN3CCOCC3)C2c2ccc(OCc3ccccc3)cc2)cc1. The Kier molecular flexibility index (Phi) is 10.3. The van der Waals surface area contributed by atoms with Crippen LogP contribution in [0.15, 0.2) is 109 Å². The zero-order valence-electron chi connectivity index (χ0n) is 26.6. The first kappa shape index (κ1) is 32.0. The van der Waals surface area contributed by atoms with Crippen molar-refractivity contribution >= 4 is 17.4 Å². The van der Waals surface area contributed by atoms with Crippen molar-refractivity contribution in [1.29, 1.82) is 0 Å². The second-order valence-electron chi connectivity index (χ2n) is 11.9. The molecular weight excluding hydrogens is 592 g/mol. The molecule has 0 aromatic heterocycles. The van der Waals surface area contributed by atoms with Crippen LogP contribution in [-0.4, -0.2) is 66.0 Å². The molecule has 6 rings (SSSR count). The van der Waals surface area contributed by atoms with Gasteiger partial charge in [0.2, 0.25) is 0 Å². The van der Waals surface area contributed by atoms with E-state index in [-0.39, 0.29) is 11.3 Å². The van der Waals surface area contributed by atoms with Crippen LogP contribution in [0.5, 0.6) is 11.5 Å². The Balaban J connectivity index is 1.24. The number of likely N-dealkylation sites (tertiary alicyclic amines) is 1. The van der Waals surface area contributed by atoms with Crippen LogP contribution in [-0.2, 0) is 27.5 Å². The van der Waals surface area contributed by atoms with Crippen LogP contribution < -0.4 is 9.47 Å². The Morgan fingerprint density at radius 3 is 2.13 bits per heavy atom. The molecule has 0 aliphatic carbocycles. The molecule has 0 spiro atoms. The number of aliphatic hydroxyl groups is 1. The second kappa shape index (κ2) is 15.1. The number of ether oxygens (including phenoxy) is 3. The first-order valence-electron chi connectivity index (χ1n) is 16.1. The van der Waals surface area contributed by atoms with Crippen LogP contribution >= 0.6 is 0 Å². The molecule has 0 bridgehead atoms. The van der Waals surface area contributed by atoms with Gasteiger partial charge in [-0.1, -0.05) is 66.7 Å². The lowest BCUT2D eigenvalue weighted by Gasteiger charge is -2.29. The molecule has 1 N–H and O–H groups in total. The summed E-state index contributed by atoms with van der Waals surface area (Å²) in [5.74, 6) is -0.206. The van der Waals surface area contributed by atoms with E-state index < -0.39 is 17.7 Å². The number of Topliss-reactive ketones (excluding diaryl/α,β-unsaturated/α-hetero) is 1. The van der Waals surface area contributed by atoms with Crippen molar-refractivity contribution in [2.75, 3.05) is 39.4 Å². The first-order valence-corrected chi connectivity index (χ1v) is 16.1. The van der Waals surface area contributed by atoms with Crippen LogP contribution in [0.3, 0.4) is 0 Å². The molecule has 2 aliphatic heterocycles. The maximum absolute atomic E-state index is 13.6. The molecule has 4 aromatic carbocycles. The molecule has 2 fully saturated rings. The summed E-state index contributed by atoms with van der Waals surface area (Å²) in [6, 6.07) is 31.6. The summed E-state index contributed by atoms with van der Waals surface area (Å²) in [6.07, 6.45) is 0.689. The van der Waals surface area contributed by atoms with Gasteiger partial charge in [0.25, 0.3) is 11.7 Å². The number of nitrogens with zero attached hydrogens (tertiary/aromatic N) is 2. The number of rotatable bonds is 12. The highest BCUT2D eigenvalue weighted by atomic mass is 16.5. The quantitative estimate of drug-likeness (QED) is 0.111. The molecule has 2 heterocycles. The van der Waals surface area contributed by atoms with Gasteiger partial charge >= 0.3 is 0 Å². The Bertz CT molecular complexity index is 1700. The van der Waals surface area contributed by atoms with Gasteiger partial charge in [0.05, 0.1) is 24.8 Å². The average Bonchev–Trinajstić information content (AvgIpc) is 3.36. The molecule has 2 saturated heterocycles. The highest BCUT2D eigenvalue weighted by molar-refractivity contribution is 6.46. The predicted molar refractivity (Wildman–Crippen MR) is 180 cm³/mol. The lowest BCUT2D eigenvalue weighted by Crippen LogP contribution is -2.38. The van der Waals surface area contributed by atoms with Crippen molar-refractivity contribution in [2.24, 2.45) is 0 Å². The van der Waals surface area contributed by atoms with Crippen LogP contribution in [0.1, 0.15) is 40.3 Å². The number of hydrogen-bond donors (Lipinski definition) is 1. The van der Waals surface area contributed by atoms with Gasteiger partial charge in [-0.05, 0) is 72.0 Å². The highest BCUT2D eigenvalue weighted by Gasteiger charge is 2.45. The van der Waals surface area contributed by atoms with Crippen molar-refractivity contribution in [3.8, 4) is 11.5 Å². The topological polar surface area (TPSA) is 88.5 Å². The number of benzene rings is 4. The minimum atomic E-state index is -0.736. The van der Waals surface area contributed by atoms with E-state index in [1.165, 1.54) is 0 Å². The van der Waals surface area contributed by atoms with Gasteiger partial charge in [-0.2, -0.15) is 0 Å². The molecule has 0 radical (unpaired) electrons. The van der Waals surface area contributed by atoms with Crippen LogP contribution in [0.25, 0.3) is 5.76 Å². The molecule has 1 amide bonds. The van der Waals surface area contributed by atoms with Crippen molar-refractivity contribution in [1.82, 2.24) is 9.80 Å². The summed E-state index contributed by atoms with van der Waals surface area (Å²) in [5, 5.41) is 11.6. The maximum atomic E-state index is 13.6. The summed E-state index contributed by atoms with van der Waals surface area (Å²) < 4.78 is 17.4. The lowest BCUT2D eigenvalue weighted by atomic mass is 9.95. The normalized spacial score (nSPS) is 18.0. The zero-order valence-corrected chi connectivity index (χ0v) is 26.6. The molecule has 47 heavy (non-hydrogen) atoms. The number of aliphatic hydroxyl groups excluding tert-OH is 1. The van der Waals surface area contributed by atoms with Crippen molar-refractivity contribution in [3.63, 3.8) is 0 Å². The Labute approximate surface area is 275 Å². The van der Waals surface area contributed by atoms with Crippen LogP contribution in [0, 0.1) is 6.92 Å². The molecule has 0 saturated carbocycles. The number of morpholine rings is 1. The number of amides is 1. The van der Waals surface area contributed by atoms with E-state index in [0.717, 1.165) is 41.9 Å². The third-order valence-electron chi connectivity index (χ3n) is 8.74. The van der Waals surface area contributed by atoms with Crippen molar-refractivity contribution in [3.05, 3.63) is 137 Å². The number of hydrogen-bond acceptors (Lipinski definition) is 7. The standard InChI is InChI=1S/C39H40N2O6/c1-28-8-5-6-11-32(28)27-47-34-18-14-31(15-19-34)37(42)35-36(30-12-16-33(17-13-30)46-26-29-9-3-2-4-10-29)41(39(44)38(35)43)21-7-20-40-22-24-45-25-23-40/h2-6,8-19,36,42H,7,20-27H2,1H3. The van der Waals surface area contributed by atoms with E-state index in [4.69, 9.17) is 14.2 Å². The number of aryl methyl sites for hydroxylation is 1. The monoisotopic (exact) mass is 632 g/mol. The van der Waals surface area contributed by atoms with Gasteiger partial charge in [-0.15, -0.1) is 0 Å². The summed E-state index contributed by atoms with van der Waals surface area (Å²) in [4.78, 5) is 31.0. The van der Waals surface area contributed by atoms with Gasteiger partial charge in [-0.3, -0.25) is 14.5 Å². The zero-order chi connectivity index (χ0) is 32.6. The molecule has 2 aliphatic rings. The highest BCUT2D eigenvalue weighted by Crippen LogP contribution is 2.40. The van der Waals surface area contributed by atoms with E-state index in [2.05, 4.69) is 4.90 Å². The molecule has 8 heteroatoms. The van der Waals surface area contributed by atoms with E-state index in [1.807, 2.05) is 85.8 Å². The van der Waals surface area contributed by atoms with Gasteiger partial charge in [0.1, 0.15) is 30.5 Å². The van der Waals surface area contributed by atoms with Crippen molar-refractivity contribution in [2.45, 2.75) is 32.6 Å². The minimum absolute atomic E-state index is 0.0768. The summed E-state index contributed by atoms with van der Waals surface area (Å²) in [7, 11) is 0. The minimum Gasteiger partial charge on any atom is -0.507 e. The van der Waals surface area contributed by atoms with E-state index in [1.54, 1.807) is 29.2 Å². The third kappa shape index (κ3) is 7.73. The van der Waals surface area contributed by atoms with Gasteiger partial charge in [-0.25, -0.2) is 0 Å². The van der Waals surface area contributed by atoms with Crippen molar-refractivity contribution < 1.29 is 28.9 Å². The predicted octanol–water partition coefficient (Wildman–Crippen LogP) is 6.30. The fraction of sp³-hybridized carbons (Fsp3) is 0.282. The van der Waals surface area contributed by atoms with Gasteiger partial charge < -0.3 is 24.2 Å². The van der Waals surface area contributed by atoms with Gasteiger partial charge in [0, 0.05) is 31.7 Å². The maximum Gasteiger partial charge on any atom is 0.295 e. The molecule has 4 aromatic rings. The average molecular weight is 633 g/mol. The Hall–Kier alpha value is -4.92. The van der Waals surface area contributed by atoms with Crippen LogP contribution in [0.2, 0.25) is 0 Å². The Morgan fingerprint density at radius 2 is 1.43 bits per heavy atom. The first-order chi connectivity index (χ1) is 23.0. The molecule has 1 atom stereocenters. The fourth-order valence-corrected chi connectivity index (χ4v) is 6.03. The number of ketones is 1. The molecule has 8 nitrogen and oxygen atoms in total. The van der Waals surface area contributed by atoms with Crippen LogP contribution in [0.4, 0.5) is 0 Å².